The summed E-state index contributed by atoms with van der Waals surface area (Å²) < 4.78 is 29.1. The summed E-state index contributed by atoms with van der Waals surface area (Å²) in [6, 6.07) is 21.6. The van der Waals surface area contributed by atoms with Crippen LogP contribution in [0.4, 0.5) is 11.4 Å². The number of hydrogen-bond donors (Lipinski definition) is 1. The van der Waals surface area contributed by atoms with Gasteiger partial charge < -0.3 is 10.2 Å². The predicted octanol–water partition coefficient (Wildman–Crippen LogP) is 6.07. The predicted molar refractivity (Wildman–Crippen MR) is 153 cm³/mol. The van der Waals surface area contributed by atoms with Gasteiger partial charge in [0.25, 0.3) is 10.0 Å². The highest BCUT2D eigenvalue weighted by Gasteiger charge is 2.28. The van der Waals surface area contributed by atoms with Crippen molar-refractivity contribution in [3.8, 4) is 0 Å². The highest BCUT2D eigenvalue weighted by Crippen LogP contribution is 2.27. The molecule has 3 aromatic rings. The summed E-state index contributed by atoms with van der Waals surface area (Å²) in [5.74, 6) is 0.313. The zero-order chi connectivity index (χ0) is 26.6. The Bertz CT molecular complexity index is 1330. The molecular weight excluding hydrogens is 550 g/mol. The summed E-state index contributed by atoms with van der Waals surface area (Å²) in [6.07, 6.45) is 2.48. The van der Waals surface area contributed by atoms with Gasteiger partial charge in [-0.15, -0.1) is 0 Å². The highest BCUT2D eigenvalue weighted by atomic mass is 79.9. The summed E-state index contributed by atoms with van der Waals surface area (Å²) in [5, 5.41) is 2.98. The molecule has 1 amide bonds. The fourth-order valence-corrected chi connectivity index (χ4v) is 6.48. The molecule has 3 aromatic carbocycles. The number of aryl methyl sites for hydroxylation is 1. The number of halogens is 1. The van der Waals surface area contributed by atoms with Crippen LogP contribution in [0.25, 0.3) is 0 Å². The maximum Gasteiger partial charge on any atom is 0.264 e. The van der Waals surface area contributed by atoms with Gasteiger partial charge >= 0.3 is 0 Å². The van der Waals surface area contributed by atoms with Gasteiger partial charge in [0.2, 0.25) is 5.91 Å². The average Bonchev–Trinajstić information content (AvgIpc) is 2.87. The van der Waals surface area contributed by atoms with Gasteiger partial charge in [-0.1, -0.05) is 58.7 Å². The standard InChI is InChI=1S/C29H34BrN3O3S/c1-21-9-15-28(16-10-21)37(35,36)33(27-8-4-7-25(30)18-27)20-29(34)31-23(3)24-11-13-26(14-12-24)32-17-5-6-22(2)19-32/h4,7-16,18,22-23H,5-6,17,19-20H2,1-3H3,(H,31,34). The molecule has 4 rings (SSSR count). The van der Waals surface area contributed by atoms with Gasteiger partial charge in [-0.05, 0) is 80.6 Å². The lowest BCUT2D eigenvalue weighted by molar-refractivity contribution is -0.120. The molecule has 6 nitrogen and oxygen atoms in total. The van der Waals surface area contributed by atoms with Gasteiger partial charge in [-0.25, -0.2) is 8.42 Å². The maximum absolute atomic E-state index is 13.6. The molecule has 2 atom stereocenters. The van der Waals surface area contributed by atoms with Crippen LogP contribution in [0.2, 0.25) is 0 Å². The number of nitrogens with zero attached hydrogens (tertiary/aromatic N) is 2. The minimum Gasteiger partial charge on any atom is -0.371 e. The number of amides is 1. The molecule has 2 unspecified atom stereocenters. The van der Waals surface area contributed by atoms with Crippen LogP contribution in [0, 0.1) is 12.8 Å². The van der Waals surface area contributed by atoms with Crippen LogP contribution in [-0.4, -0.2) is 34.0 Å². The fourth-order valence-electron chi connectivity index (χ4n) is 4.68. The van der Waals surface area contributed by atoms with Crippen molar-refractivity contribution in [2.75, 3.05) is 28.8 Å². The Labute approximate surface area is 228 Å². The van der Waals surface area contributed by atoms with Gasteiger partial charge in [-0.3, -0.25) is 9.10 Å². The number of piperidine rings is 1. The largest absolute Gasteiger partial charge is 0.371 e. The number of benzene rings is 3. The van der Waals surface area contributed by atoms with E-state index in [9.17, 15) is 13.2 Å². The molecule has 0 saturated carbocycles. The number of carbonyl (C=O) groups is 1. The Kier molecular flexibility index (Phi) is 8.60. The Morgan fingerprint density at radius 3 is 2.46 bits per heavy atom. The molecule has 0 aromatic heterocycles. The average molecular weight is 585 g/mol. The van der Waals surface area contributed by atoms with E-state index in [1.54, 1.807) is 42.5 Å². The highest BCUT2D eigenvalue weighted by molar-refractivity contribution is 9.10. The van der Waals surface area contributed by atoms with Crippen LogP contribution in [0.1, 0.15) is 43.9 Å². The number of rotatable bonds is 8. The SMILES string of the molecule is Cc1ccc(S(=O)(=O)N(CC(=O)NC(C)c2ccc(N3CCCC(C)C3)cc2)c2cccc(Br)c2)cc1. The smallest absolute Gasteiger partial charge is 0.264 e. The number of anilines is 2. The molecule has 1 heterocycles. The molecule has 37 heavy (non-hydrogen) atoms. The van der Waals surface area contributed by atoms with Gasteiger partial charge in [-0.2, -0.15) is 0 Å². The summed E-state index contributed by atoms with van der Waals surface area (Å²) >= 11 is 3.41. The maximum atomic E-state index is 13.6. The molecule has 0 aliphatic carbocycles. The Balaban J connectivity index is 1.50. The molecule has 1 aliphatic rings. The van der Waals surface area contributed by atoms with E-state index in [1.807, 2.05) is 32.0 Å². The van der Waals surface area contributed by atoms with Crippen LogP contribution in [0.15, 0.2) is 82.2 Å². The molecular formula is C29H34BrN3O3S. The monoisotopic (exact) mass is 583 g/mol. The lowest BCUT2D eigenvalue weighted by Gasteiger charge is -2.33. The summed E-state index contributed by atoms with van der Waals surface area (Å²) in [6.45, 7) is 7.89. The lowest BCUT2D eigenvalue weighted by atomic mass is 9.99. The first-order valence-electron chi connectivity index (χ1n) is 12.6. The number of carbonyl (C=O) groups excluding carboxylic acids is 1. The van der Waals surface area contributed by atoms with E-state index in [-0.39, 0.29) is 23.4 Å². The van der Waals surface area contributed by atoms with E-state index in [2.05, 4.69) is 45.2 Å². The van der Waals surface area contributed by atoms with Crippen molar-refractivity contribution in [1.82, 2.24) is 5.32 Å². The van der Waals surface area contributed by atoms with E-state index in [0.717, 1.165) is 33.0 Å². The van der Waals surface area contributed by atoms with E-state index in [4.69, 9.17) is 0 Å². The molecule has 1 aliphatic heterocycles. The van der Waals surface area contributed by atoms with Crippen molar-refractivity contribution < 1.29 is 13.2 Å². The lowest BCUT2D eigenvalue weighted by Crippen LogP contribution is -2.41. The first-order chi connectivity index (χ1) is 17.6. The van der Waals surface area contributed by atoms with Crippen molar-refractivity contribution in [3.05, 3.63) is 88.4 Å². The molecule has 0 spiro atoms. The molecule has 1 saturated heterocycles. The zero-order valence-electron chi connectivity index (χ0n) is 21.5. The van der Waals surface area contributed by atoms with E-state index in [0.29, 0.717) is 11.6 Å². The normalized spacial score (nSPS) is 16.8. The first-order valence-corrected chi connectivity index (χ1v) is 14.9. The fraction of sp³-hybridized carbons (Fsp3) is 0.345. The number of hydrogen-bond acceptors (Lipinski definition) is 4. The van der Waals surface area contributed by atoms with Gasteiger partial charge in [0.1, 0.15) is 6.54 Å². The second-order valence-corrected chi connectivity index (χ2v) is 12.7. The minimum atomic E-state index is -3.96. The quantitative estimate of drug-likeness (QED) is 0.349. The van der Waals surface area contributed by atoms with Crippen molar-refractivity contribution in [2.45, 2.75) is 44.6 Å². The van der Waals surface area contributed by atoms with E-state index >= 15 is 0 Å². The van der Waals surface area contributed by atoms with Crippen molar-refractivity contribution >= 4 is 43.2 Å². The van der Waals surface area contributed by atoms with Crippen LogP contribution in [-0.2, 0) is 14.8 Å². The van der Waals surface area contributed by atoms with Gasteiger partial charge in [0.05, 0.1) is 16.6 Å². The van der Waals surface area contributed by atoms with Crippen LogP contribution < -0.4 is 14.5 Å². The molecule has 1 N–H and O–H groups in total. The van der Waals surface area contributed by atoms with E-state index < -0.39 is 10.0 Å². The van der Waals surface area contributed by atoms with Crippen molar-refractivity contribution in [3.63, 3.8) is 0 Å². The van der Waals surface area contributed by atoms with Crippen LogP contribution in [0.3, 0.4) is 0 Å². The van der Waals surface area contributed by atoms with Crippen LogP contribution in [0.5, 0.6) is 0 Å². The third-order valence-electron chi connectivity index (χ3n) is 6.79. The molecule has 8 heteroatoms. The number of sulfonamides is 1. The second-order valence-electron chi connectivity index (χ2n) is 9.88. The topological polar surface area (TPSA) is 69.7 Å². The van der Waals surface area contributed by atoms with Crippen LogP contribution >= 0.6 is 15.9 Å². The number of nitrogens with one attached hydrogen (secondary N) is 1. The Hall–Kier alpha value is -2.84. The summed E-state index contributed by atoms with van der Waals surface area (Å²) in [4.78, 5) is 15.7. The third kappa shape index (κ3) is 6.73. The Morgan fingerprint density at radius 2 is 1.81 bits per heavy atom. The second kappa shape index (κ2) is 11.7. The zero-order valence-corrected chi connectivity index (χ0v) is 23.9. The molecule has 0 bridgehead atoms. The third-order valence-corrected chi connectivity index (χ3v) is 9.07. The first kappa shape index (κ1) is 27.2. The van der Waals surface area contributed by atoms with Crippen molar-refractivity contribution in [1.29, 1.82) is 0 Å². The van der Waals surface area contributed by atoms with Gasteiger partial charge in [0, 0.05) is 23.2 Å². The molecule has 1 fully saturated rings. The van der Waals surface area contributed by atoms with E-state index in [1.165, 1.54) is 18.5 Å². The van der Waals surface area contributed by atoms with Gasteiger partial charge in [0.15, 0.2) is 0 Å². The molecule has 196 valence electrons. The molecule has 0 radical (unpaired) electrons. The Morgan fingerprint density at radius 1 is 1.11 bits per heavy atom. The summed E-state index contributed by atoms with van der Waals surface area (Å²) in [5.41, 5.74) is 3.54. The minimum absolute atomic E-state index is 0.140. The summed E-state index contributed by atoms with van der Waals surface area (Å²) in [7, 11) is -3.96. The van der Waals surface area contributed by atoms with Crippen molar-refractivity contribution in [2.24, 2.45) is 5.92 Å².